The summed E-state index contributed by atoms with van der Waals surface area (Å²) in [6.07, 6.45) is 4.95. The highest BCUT2D eigenvalue weighted by molar-refractivity contribution is 5.73. The Morgan fingerprint density at radius 2 is 2.24 bits per heavy atom. The Hall–Kier alpha value is -1.55. The second-order valence-corrected chi connectivity index (χ2v) is 5.67. The van der Waals surface area contributed by atoms with Gasteiger partial charge in [0.2, 0.25) is 0 Å². The quantitative estimate of drug-likeness (QED) is 0.873. The molecule has 0 amide bonds. The number of hydrogen-bond acceptors (Lipinski definition) is 3. The standard InChI is InChI=1S/C17H25NO3/c1-2-11-21-15-8-6-7-14(12-15)13-18-10-5-3-4-9-16(18)17(19)20/h6-8,12,16H,2-5,9-11,13H2,1H3,(H,19,20). The van der Waals surface area contributed by atoms with Crippen LogP contribution in [0, 0.1) is 0 Å². The zero-order valence-electron chi connectivity index (χ0n) is 12.8. The lowest BCUT2D eigenvalue weighted by Gasteiger charge is -2.26. The van der Waals surface area contributed by atoms with Crippen LogP contribution in [0.5, 0.6) is 5.75 Å². The molecular weight excluding hydrogens is 266 g/mol. The Kier molecular flexibility index (Phi) is 6.05. The van der Waals surface area contributed by atoms with Gasteiger partial charge in [-0.15, -0.1) is 0 Å². The summed E-state index contributed by atoms with van der Waals surface area (Å²) < 4.78 is 5.65. The molecule has 1 saturated heterocycles. The second kappa shape index (κ2) is 8.03. The van der Waals surface area contributed by atoms with Crippen LogP contribution in [0.3, 0.4) is 0 Å². The number of carboxylic acid groups (broad SMARTS) is 1. The van der Waals surface area contributed by atoms with Crippen molar-refractivity contribution in [2.75, 3.05) is 13.2 Å². The Morgan fingerprint density at radius 1 is 1.38 bits per heavy atom. The minimum absolute atomic E-state index is 0.354. The van der Waals surface area contributed by atoms with Gasteiger partial charge >= 0.3 is 5.97 Å². The lowest BCUT2D eigenvalue weighted by Crippen LogP contribution is -2.40. The summed E-state index contributed by atoms with van der Waals surface area (Å²) in [5.74, 6) is 0.173. The van der Waals surface area contributed by atoms with Gasteiger partial charge < -0.3 is 9.84 Å². The number of rotatable bonds is 6. The predicted molar refractivity (Wildman–Crippen MR) is 82.5 cm³/mol. The van der Waals surface area contributed by atoms with E-state index in [1.165, 1.54) is 0 Å². The molecule has 1 atom stereocenters. The molecule has 21 heavy (non-hydrogen) atoms. The van der Waals surface area contributed by atoms with Crippen LogP contribution in [0.2, 0.25) is 0 Å². The molecule has 1 aliphatic rings. The largest absolute Gasteiger partial charge is 0.494 e. The van der Waals surface area contributed by atoms with Gasteiger partial charge in [-0.3, -0.25) is 9.69 Å². The first-order chi connectivity index (χ1) is 10.2. The van der Waals surface area contributed by atoms with Gasteiger partial charge in [0.25, 0.3) is 0 Å². The van der Waals surface area contributed by atoms with Gasteiger partial charge in [-0.05, 0) is 43.5 Å². The van der Waals surface area contributed by atoms with E-state index in [9.17, 15) is 9.90 Å². The molecule has 0 aromatic heterocycles. The molecule has 116 valence electrons. The molecule has 0 aliphatic carbocycles. The van der Waals surface area contributed by atoms with Crippen LogP contribution >= 0.6 is 0 Å². The van der Waals surface area contributed by atoms with E-state index in [0.717, 1.165) is 50.0 Å². The van der Waals surface area contributed by atoms with Gasteiger partial charge in [0, 0.05) is 6.54 Å². The zero-order chi connectivity index (χ0) is 15.1. The van der Waals surface area contributed by atoms with Gasteiger partial charge in [0.05, 0.1) is 6.61 Å². The van der Waals surface area contributed by atoms with Crippen LogP contribution in [0.1, 0.15) is 44.6 Å². The summed E-state index contributed by atoms with van der Waals surface area (Å²) in [5.41, 5.74) is 1.12. The van der Waals surface area contributed by atoms with Crippen LogP contribution in [-0.4, -0.2) is 35.2 Å². The fraction of sp³-hybridized carbons (Fsp3) is 0.588. The first-order valence-electron chi connectivity index (χ1n) is 7.89. The highest BCUT2D eigenvalue weighted by Gasteiger charge is 2.26. The minimum Gasteiger partial charge on any atom is -0.494 e. The fourth-order valence-electron chi connectivity index (χ4n) is 2.82. The third-order valence-electron chi connectivity index (χ3n) is 3.91. The van der Waals surface area contributed by atoms with E-state index in [2.05, 4.69) is 11.8 Å². The van der Waals surface area contributed by atoms with Crippen LogP contribution in [0.15, 0.2) is 24.3 Å². The highest BCUT2D eigenvalue weighted by Crippen LogP contribution is 2.21. The maximum absolute atomic E-state index is 11.4. The zero-order valence-corrected chi connectivity index (χ0v) is 12.8. The van der Waals surface area contributed by atoms with E-state index in [1.807, 2.05) is 24.3 Å². The van der Waals surface area contributed by atoms with E-state index in [4.69, 9.17) is 4.74 Å². The average molecular weight is 291 g/mol. The van der Waals surface area contributed by atoms with E-state index in [-0.39, 0.29) is 6.04 Å². The maximum Gasteiger partial charge on any atom is 0.320 e. The topological polar surface area (TPSA) is 49.8 Å². The Morgan fingerprint density at radius 3 is 3.00 bits per heavy atom. The second-order valence-electron chi connectivity index (χ2n) is 5.67. The molecule has 1 heterocycles. The van der Waals surface area contributed by atoms with Gasteiger partial charge in [-0.2, -0.15) is 0 Å². The summed E-state index contributed by atoms with van der Waals surface area (Å²) in [6.45, 7) is 4.33. The van der Waals surface area contributed by atoms with Crippen molar-refractivity contribution in [3.05, 3.63) is 29.8 Å². The minimum atomic E-state index is -0.699. The lowest BCUT2D eigenvalue weighted by atomic mass is 10.1. The Balaban J connectivity index is 2.05. The number of nitrogens with zero attached hydrogens (tertiary/aromatic N) is 1. The number of aliphatic carboxylic acids is 1. The molecule has 1 unspecified atom stereocenters. The summed E-state index contributed by atoms with van der Waals surface area (Å²) in [6, 6.07) is 7.65. The van der Waals surface area contributed by atoms with E-state index in [0.29, 0.717) is 13.2 Å². The maximum atomic E-state index is 11.4. The van der Waals surface area contributed by atoms with Gasteiger partial charge in [-0.25, -0.2) is 0 Å². The third kappa shape index (κ3) is 4.74. The van der Waals surface area contributed by atoms with Gasteiger partial charge in [0.1, 0.15) is 11.8 Å². The number of likely N-dealkylation sites (tertiary alicyclic amines) is 1. The molecule has 0 spiro atoms. The van der Waals surface area contributed by atoms with Crippen molar-refractivity contribution in [3.8, 4) is 5.75 Å². The van der Waals surface area contributed by atoms with Crippen LogP contribution < -0.4 is 4.74 Å². The van der Waals surface area contributed by atoms with E-state index in [1.54, 1.807) is 0 Å². The smallest absolute Gasteiger partial charge is 0.320 e. The van der Waals surface area contributed by atoms with Crippen molar-refractivity contribution in [2.24, 2.45) is 0 Å². The molecule has 4 nitrogen and oxygen atoms in total. The third-order valence-corrected chi connectivity index (χ3v) is 3.91. The molecule has 0 saturated carbocycles. The number of carbonyl (C=O) groups is 1. The highest BCUT2D eigenvalue weighted by atomic mass is 16.5. The van der Waals surface area contributed by atoms with Crippen molar-refractivity contribution in [3.63, 3.8) is 0 Å². The number of carboxylic acids is 1. The van der Waals surface area contributed by atoms with Crippen LogP contribution in [-0.2, 0) is 11.3 Å². The van der Waals surface area contributed by atoms with Crippen molar-refractivity contribution < 1.29 is 14.6 Å². The predicted octanol–water partition coefficient (Wildman–Crippen LogP) is 3.30. The lowest BCUT2D eigenvalue weighted by molar-refractivity contribution is -0.143. The summed E-state index contributed by atoms with van der Waals surface area (Å²) in [7, 11) is 0. The summed E-state index contributed by atoms with van der Waals surface area (Å²) in [5, 5.41) is 9.42. The van der Waals surface area contributed by atoms with Crippen LogP contribution in [0.25, 0.3) is 0 Å². The molecule has 1 aromatic carbocycles. The molecular formula is C17H25NO3. The van der Waals surface area contributed by atoms with Crippen molar-refractivity contribution in [1.29, 1.82) is 0 Å². The summed E-state index contributed by atoms with van der Waals surface area (Å²) in [4.78, 5) is 13.5. The van der Waals surface area contributed by atoms with Gasteiger partial charge in [0.15, 0.2) is 0 Å². The van der Waals surface area contributed by atoms with Gasteiger partial charge in [-0.1, -0.05) is 31.9 Å². The molecule has 1 N–H and O–H groups in total. The number of benzene rings is 1. The van der Waals surface area contributed by atoms with Crippen molar-refractivity contribution in [1.82, 2.24) is 4.90 Å². The number of hydrogen-bond donors (Lipinski definition) is 1. The Labute approximate surface area is 126 Å². The average Bonchev–Trinajstić information content (AvgIpc) is 2.71. The van der Waals surface area contributed by atoms with E-state index >= 15 is 0 Å². The fourth-order valence-corrected chi connectivity index (χ4v) is 2.82. The van der Waals surface area contributed by atoms with Crippen molar-refractivity contribution >= 4 is 5.97 Å². The first-order valence-corrected chi connectivity index (χ1v) is 7.89. The Bertz CT molecular complexity index is 461. The normalized spacial score (nSPS) is 20.0. The molecule has 1 aromatic rings. The molecule has 1 aliphatic heterocycles. The summed E-state index contributed by atoms with van der Waals surface area (Å²) >= 11 is 0. The molecule has 0 bridgehead atoms. The molecule has 4 heteroatoms. The molecule has 0 radical (unpaired) electrons. The number of ether oxygens (including phenoxy) is 1. The first kappa shape index (κ1) is 15.8. The van der Waals surface area contributed by atoms with E-state index < -0.39 is 5.97 Å². The monoisotopic (exact) mass is 291 g/mol. The molecule has 1 fully saturated rings. The van der Waals surface area contributed by atoms with Crippen molar-refractivity contribution in [2.45, 2.75) is 51.6 Å². The van der Waals surface area contributed by atoms with Crippen LogP contribution in [0.4, 0.5) is 0 Å². The molecule has 2 rings (SSSR count). The SMILES string of the molecule is CCCOc1cccc(CN2CCCCCC2C(=O)O)c1.